The first-order chi connectivity index (χ1) is 5.61. The average Bonchev–Trinajstić information content (AvgIpc) is 2.04. The molecule has 5 heteroatoms. The summed E-state index contributed by atoms with van der Waals surface area (Å²) >= 11 is 2.83. The standard InChI is InChI=1S/C7H5ClO3S/c8-6-3-1-5(2-4-6)7(9)12(10)11/h1-4H,(H,10,11)/p-1. The topological polar surface area (TPSA) is 57.2 Å². The van der Waals surface area contributed by atoms with E-state index in [9.17, 15) is 13.6 Å². The van der Waals surface area contributed by atoms with Crippen molar-refractivity contribution in [2.24, 2.45) is 0 Å². The number of halogens is 1. The van der Waals surface area contributed by atoms with E-state index in [1.54, 1.807) is 0 Å². The van der Waals surface area contributed by atoms with E-state index in [2.05, 4.69) is 0 Å². The van der Waals surface area contributed by atoms with Crippen LogP contribution in [0.2, 0.25) is 5.02 Å². The fourth-order valence-electron chi connectivity index (χ4n) is 0.682. The van der Waals surface area contributed by atoms with Crippen molar-refractivity contribution < 1.29 is 13.6 Å². The Bertz CT molecular complexity index is 320. The molecular formula is C7H4ClO3S-. The maximum Gasteiger partial charge on any atom is 0.236 e. The molecule has 3 nitrogen and oxygen atoms in total. The van der Waals surface area contributed by atoms with Crippen molar-refractivity contribution in [3.05, 3.63) is 34.9 Å². The third kappa shape index (κ3) is 2.14. The van der Waals surface area contributed by atoms with Gasteiger partial charge in [-0.3, -0.25) is 9.00 Å². The first kappa shape index (κ1) is 9.38. The Morgan fingerprint density at radius 2 is 1.83 bits per heavy atom. The molecule has 1 aromatic carbocycles. The summed E-state index contributed by atoms with van der Waals surface area (Å²) in [6, 6.07) is 5.64. The molecule has 12 heavy (non-hydrogen) atoms. The first-order valence-corrected chi connectivity index (χ1v) is 4.45. The number of benzene rings is 1. The van der Waals surface area contributed by atoms with Crippen molar-refractivity contribution in [3.8, 4) is 0 Å². The van der Waals surface area contributed by atoms with Crippen molar-refractivity contribution >= 4 is 27.8 Å². The SMILES string of the molecule is O=C(c1ccc(Cl)cc1)S(=O)[O-]. The zero-order chi connectivity index (χ0) is 9.14. The molecule has 1 unspecified atom stereocenters. The van der Waals surface area contributed by atoms with E-state index in [0.29, 0.717) is 5.02 Å². The van der Waals surface area contributed by atoms with Crippen LogP contribution >= 0.6 is 11.6 Å². The lowest BCUT2D eigenvalue weighted by molar-refractivity contribution is 0.107. The Kier molecular flexibility index (Phi) is 2.97. The number of hydrogen-bond acceptors (Lipinski definition) is 3. The van der Waals surface area contributed by atoms with Gasteiger partial charge in [0, 0.05) is 21.7 Å². The van der Waals surface area contributed by atoms with Crippen LogP contribution in [-0.4, -0.2) is 13.9 Å². The third-order valence-corrected chi connectivity index (χ3v) is 2.02. The van der Waals surface area contributed by atoms with Crippen molar-refractivity contribution in [1.82, 2.24) is 0 Å². The van der Waals surface area contributed by atoms with Gasteiger partial charge >= 0.3 is 0 Å². The monoisotopic (exact) mass is 203 g/mol. The minimum atomic E-state index is -2.70. The fraction of sp³-hybridized carbons (Fsp3) is 0. The highest BCUT2D eigenvalue weighted by Gasteiger charge is 2.04. The second kappa shape index (κ2) is 3.80. The molecule has 1 atom stereocenters. The van der Waals surface area contributed by atoms with E-state index in [0.717, 1.165) is 0 Å². The molecule has 0 aliphatic carbocycles. The normalized spacial score (nSPS) is 12.5. The van der Waals surface area contributed by atoms with Gasteiger partial charge in [-0.2, -0.15) is 0 Å². The average molecular weight is 204 g/mol. The maximum atomic E-state index is 10.8. The summed E-state index contributed by atoms with van der Waals surface area (Å²) in [4.78, 5) is 10.8. The number of rotatable bonds is 1. The highest BCUT2D eigenvalue weighted by molar-refractivity contribution is 7.95. The smallest absolute Gasteiger partial charge is 0.236 e. The summed E-state index contributed by atoms with van der Waals surface area (Å²) in [6.07, 6.45) is 0. The zero-order valence-corrected chi connectivity index (χ0v) is 7.39. The summed E-state index contributed by atoms with van der Waals surface area (Å²) in [7, 11) is 0. The van der Waals surface area contributed by atoms with Gasteiger partial charge in [0.05, 0.1) is 0 Å². The number of carbonyl (C=O) groups is 1. The van der Waals surface area contributed by atoms with Crippen molar-refractivity contribution in [2.75, 3.05) is 0 Å². The molecule has 1 rings (SSSR count). The van der Waals surface area contributed by atoms with Crippen LogP contribution < -0.4 is 0 Å². The minimum Gasteiger partial charge on any atom is -0.766 e. The van der Waals surface area contributed by atoms with E-state index >= 15 is 0 Å². The minimum absolute atomic E-state index is 0.118. The van der Waals surface area contributed by atoms with Crippen LogP contribution in [0.1, 0.15) is 10.4 Å². The molecule has 0 saturated carbocycles. The van der Waals surface area contributed by atoms with Gasteiger partial charge in [-0.1, -0.05) is 11.6 Å². The van der Waals surface area contributed by atoms with Crippen LogP contribution in [0.15, 0.2) is 24.3 Å². The van der Waals surface area contributed by atoms with Crippen molar-refractivity contribution in [3.63, 3.8) is 0 Å². The largest absolute Gasteiger partial charge is 0.766 e. The molecule has 0 fully saturated rings. The lowest BCUT2D eigenvalue weighted by Crippen LogP contribution is -2.05. The maximum absolute atomic E-state index is 10.8. The molecule has 0 spiro atoms. The van der Waals surface area contributed by atoms with Crippen LogP contribution in [0.3, 0.4) is 0 Å². The third-order valence-electron chi connectivity index (χ3n) is 1.23. The number of hydrogen-bond donors (Lipinski definition) is 0. The van der Waals surface area contributed by atoms with Crippen LogP contribution in [-0.2, 0) is 11.1 Å². The molecule has 64 valence electrons. The van der Waals surface area contributed by atoms with E-state index in [4.69, 9.17) is 11.6 Å². The Balaban J connectivity index is 2.98. The van der Waals surface area contributed by atoms with E-state index < -0.39 is 16.2 Å². The summed E-state index contributed by atoms with van der Waals surface area (Å²) in [5, 5.41) is -0.463. The van der Waals surface area contributed by atoms with Gasteiger partial charge in [0.1, 0.15) is 0 Å². The highest BCUT2D eigenvalue weighted by Crippen LogP contribution is 2.10. The fourth-order valence-corrected chi connectivity index (χ4v) is 1.14. The van der Waals surface area contributed by atoms with Crippen LogP contribution in [0.25, 0.3) is 0 Å². The molecule has 0 aliphatic heterocycles. The molecule has 0 amide bonds. The second-order valence-corrected chi connectivity index (χ2v) is 3.31. The van der Waals surface area contributed by atoms with Gasteiger partial charge in [0.25, 0.3) is 0 Å². The molecule has 0 radical (unpaired) electrons. The highest BCUT2D eigenvalue weighted by atomic mass is 35.5. The lowest BCUT2D eigenvalue weighted by atomic mass is 10.2. The molecule has 0 N–H and O–H groups in total. The zero-order valence-electron chi connectivity index (χ0n) is 5.82. The number of carbonyl (C=O) groups excluding carboxylic acids is 1. The van der Waals surface area contributed by atoms with Gasteiger partial charge in [0.15, 0.2) is 0 Å². The predicted molar refractivity (Wildman–Crippen MR) is 44.7 cm³/mol. The van der Waals surface area contributed by atoms with Gasteiger partial charge in [0.2, 0.25) is 5.12 Å². The lowest BCUT2D eigenvalue weighted by Gasteiger charge is -2.02. The summed E-state index contributed by atoms with van der Waals surface area (Å²) in [6.45, 7) is 0. The molecule has 0 aliphatic rings. The van der Waals surface area contributed by atoms with Gasteiger partial charge in [-0.05, 0) is 24.3 Å². The van der Waals surface area contributed by atoms with Gasteiger partial charge in [-0.25, -0.2) is 0 Å². The van der Waals surface area contributed by atoms with Crippen LogP contribution in [0.4, 0.5) is 0 Å². The summed E-state index contributed by atoms with van der Waals surface area (Å²) < 4.78 is 20.4. The molecule has 0 bridgehead atoms. The van der Waals surface area contributed by atoms with E-state index in [1.165, 1.54) is 24.3 Å². The summed E-state index contributed by atoms with van der Waals surface area (Å²) in [5.74, 6) is 0. The van der Waals surface area contributed by atoms with Crippen LogP contribution in [0.5, 0.6) is 0 Å². The summed E-state index contributed by atoms with van der Waals surface area (Å²) in [5.41, 5.74) is 0.118. The van der Waals surface area contributed by atoms with Crippen molar-refractivity contribution in [2.45, 2.75) is 0 Å². The Morgan fingerprint density at radius 3 is 2.25 bits per heavy atom. The molecular weight excluding hydrogens is 200 g/mol. The molecule has 0 aromatic heterocycles. The molecule has 0 heterocycles. The van der Waals surface area contributed by atoms with Gasteiger partial charge in [-0.15, -0.1) is 0 Å². The van der Waals surface area contributed by atoms with E-state index in [-0.39, 0.29) is 5.56 Å². The Morgan fingerprint density at radius 1 is 1.33 bits per heavy atom. The Labute approximate surface area is 76.6 Å². The molecule has 0 saturated heterocycles. The van der Waals surface area contributed by atoms with Crippen LogP contribution in [0, 0.1) is 0 Å². The van der Waals surface area contributed by atoms with Gasteiger partial charge < -0.3 is 4.55 Å². The first-order valence-electron chi connectivity index (χ1n) is 3.00. The predicted octanol–water partition coefficient (Wildman–Crippen LogP) is 1.36. The Hall–Kier alpha value is -0.710. The van der Waals surface area contributed by atoms with Crippen molar-refractivity contribution in [1.29, 1.82) is 0 Å². The van der Waals surface area contributed by atoms with E-state index in [1.807, 2.05) is 0 Å². The quantitative estimate of drug-likeness (QED) is 0.648. The molecule has 1 aromatic rings. The second-order valence-electron chi connectivity index (χ2n) is 2.03.